The highest BCUT2D eigenvalue weighted by Gasteiger charge is 2.26. The van der Waals surface area contributed by atoms with Crippen LogP contribution in [-0.4, -0.2) is 10.6 Å². The van der Waals surface area contributed by atoms with Gasteiger partial charge in [-0.1, -0.05) is 19.3 Å². The van der Waals surface area contributed by atoms with E-state index in [1.54, 1.807) is 0 Å². The molecule has 0 radical (unpaired) electrons. The van der Waals surface area contributed by atoms with Crippen molar-refractivity contribution >= 4 is 24.2 Å². The zero-order valence-electron chi connectivity index (χ0n) is 5.57. The summed E-state index contributed by atoms with van der Waals surface area (Å²) in [4.78, 5) is 0. The van der Waals surface area contributed by atoms with Gasteiger partial charge in [-0.2, -0.15) is 12.6 Å². The molecule has 1 saturated carbocycles. The number of rotatable bonds is 1. The molecule has 0 N–H and O–H groups in total. The van der Waals surface area contributed by atoms with Crippen LogP contribution in [0.15, 0.2) is 0 Å². The Morgan fingerprint density at radius 1 is 1.22 bits per heavy atom. The van der Waals surface area contributed by atoms with Crippen LogP contribution < -0.4 is 0 Å². The van der Waals surface area contributed by atoms with Crippen molar-refractivity contribution in [2.75, 3.05) is 5.88 Å². The summed E-state index contributed by atoms with van der Waals surface area (Å²) in [5.41, 5.74) is 0. The lowest BCUT2D eigenvalue weighted by atomic mass is 9.90. The van der Waals surface area contributed by atoms with Crippen molar-refractivity contribution in [3.8, 4) is 0 Å². The summed E-state index contributed by atoms with van der Waals surface area (Å²) in [5, 5.41) is 0. The molecule has 0 heterocycles. The second-order valence-corrected chi connectivity index (χ2v) is 4.13. The third-order valence-corrected chi connectivity index (χ3v) is 3.34. The van der Waals surface area contributed by atoms with Crippen LogP contribution in [0.4, 0.5) is 0 Å². The first-order valence-corrected chi connectivity index (χ1v) is 4.53. The van der Waals surface area contributed by atoms with E-state index in [9.17, 15) is 0 Å². The second-order valence-electron chi connectivity index (χ2n) is 2.92. The summed E-state index contributed by atoms with van der Waals surface area (Å²) in [6.45, 7) is 0. The monoisotopic (exact) mass is 164 g/mol. The van der Waals surface area contributed by atoms with E-state index in [2.05, 4.69) is 12.6 Å². The SMILES string of the molecule is SC1(CCl)CCCCC1. The van der Waals surface area contributed by atoms with Crippen LogP contribution in [0.5, 0.6) is 0 Å². The maximum absolute atomic E-state index is 5.75. The van der Waals surface area contributed by atoms with E-state index in [0.717, 1.165) is 5.88 Å². The van der Waals surface area contributed by atoms with Gasteiger partial charge >= 0.3 is 0 Å². The summed E-state index contributed by atoms with van der Waals surface area (Å²) >= 11 is 10.3. The highest BCUT2D eigenvalue weighted by Crippen LogP contribution is 2.34. The van der Waals surface area contributed by atoms with E-state index >= 15 is 0 Å². The van der Waals surface area contributed by atoms with Gasteiger partial charge in [0.1, 0.15) is 0 Å². The Balaban J connectivity index is 2.37. The van der Waals surface area contributed by atoms with Gasteiger partial charge in [-0.3, -0.25) is 0 Å². The molecular formula is C7H13ClS. The Morgan fingerprint density at radius 3 is 2.11 bits per heavy atom. The van der Waals surface area contributed by atoms with Crippen LogP contribution in [0.25, 0.3) is 0 Å². The summed E-state index contributed by atoms with van der Waals surface area (Å²) in [7, 11) is 0. The molecule has 9 heavy (non-hydrogen) atoms. The zero-order chi connectivity index (χ0) is 6.74. The molecule has 54 valence electrons. The maximum atomic E-state index is 5.75. The Morgan fingerprint density at radius 2 is 1.78 bits per heavy atom. The molecule has 0 atom stereocenters. The molecular weight excluding hydrogens is 152 g/mol. The predicted octanol–water partition coefficient (Wildman–Crippen LogP) is 2.86. The average Bonchev–Trinajstić information content (AvgIpc) is 1.90. The predicted molar refractivity (Wildman–Crippen MR) is 45.5 cm³/mol. The van der Waals surface area contributed by atoms with E-state index in [1.807, 2.05) is 0 Å². The van der Waals surface area contributed by atoms with Crippen LogP contribution in [0, 0.1) is 0 Å². The molecule has 0 spiro atoms. The van der Waals surface area contributed by atoms with Crippen molar-refractivity contribution in [2.45, 2.75) is 36.9 Å². The number of thiol groups is 1. The highest BCUT2D eigenvalue weighted by atomic mass is 35.5. The van der Waals surface area contributed by atoms with Gasteiger partial charge in [0, 0.05) is 10.6 Å². The molecule has 0 unspecified atom stereocenters. The summed E-state index contributed by atoms with van der Waals surface area (Å²) in [5.74, 6) is 0.718. The topological polar surface area (TPSA) is 0 Å². The van der Waals surface area contributed by atoms with E-state index in [-0.39, 0.29) is 4.75 Å². The van der Waals surface area contributed by atoms with Crippen molar-refractivity contribution in [3.05, 3.63) is 0 Å². The van der Waals surface area contributed by atoms with Gasteiger partial charge in [0.15, 0.2) is 0 Å². The molecule has 1 rings (SSSR count). The number of halogens is 1. The molecule has 1 aliphatic rings. The van der Waals surface area contributed by atoms with E-state index in [1.165, 1.54) is 32.1 Å². The van der Waals surface area contributed by atoms with Crippen LogP contribution in [0.1, 0.15) is 32.1 Å². The largest absolute Gasteiger partial charge is 0.171 e. The summed E-state index contributed by atoms with van der Waals surface area (Å²) in [6.07, 6.45) is 6.42. The molecule has 0 amide bonds. The van der Waals surface area contributed by atoms with Gasteiger partial charge in [0.25, 0.3) is 0 Å². The van der Waals surface area contributed by atoms with Crippen molar-refractivity contribution < 1.29 is 0 Å². The normalized spacial score (nSPS) is 26.0. The van der Waals surface area contributed by atoms with Gasteiger partial charge in [-0.15, -0.1) is 11.6 Å². The minimum atomic E-state index is 0.180. The first-order valence-electron chi connectivity index (χ1n) is 3.55. The zero-order valence-corrected chi connectivity index (χ0v) is 7.22. The van der Waals surface area contributed by atoms with E-state index < -0.39 is 0 Å². The van der Waals surface area contributed by atoms with Crippen molar-refractivity contribution in [3.63, 3.8) is 0 Å². The van der Waals surface area contributed by atoms with Gasteiger partial charge in [0.05, 0.1) is 0 Å². The Hall–Kier alpha value is 0.640. The van der Waals surface area contributed by atoms with Crippen LogP contribution >= 0.6 is 24.2 Å². The minimum Gasteiger partial charge on any atom is -0.171 e. The number of alkyl halides is 1. The Kier molecular flexibility index (Phi) is 2.72. The molecule has 0 aromatic heterocycles. The van der Waals surface area contributed by atoms with Crippen LogP contribution in [0.3, 0.4) is 0 Å². The Labute approximate surface area is 67.4 Å². The smallest absolute Gasteiger partial charge is 0.0368 e. The highest BCUT2D eigenvalue weighted by molar-refractivity contribution is 7.81. The quantitative estimate of drug-likeness (QED) is 0.447. The second kappa shape index (κ2) is 3.16. The van der Waals surface area contributed by atoms with E-state index in [4.69, 9.17) is 11.6 Å². The van der Waals surface area contributed by atoms with Crippen LogP contribution in [-0.2, 0) is 0 Å². The summed E-state index contributed by atoms with van der Waals surface area (Å²) in [6, 6.07) is 0. The van der Waals surface area contributed by atoms with Gasteiger partial charge in [-0.05, 0) is 12.8 Å². The molecule has 0 aliphatic heterocycles. The third kappa shape index (κ3) is 2.05. The van der Waals surface area contributed by atoms with Gasteiger partial charge < -0.3 is 0 Å². The molecule has 0 bridgehead atoms. The first-order chi connectivity index (χ1) is 4.27. The lowest BCUT2D eigenvalue weighted by molar-refractivity contribution is 0.428. The summed E-state index contributed by atoms with van der Waals surface area (Å²) < 4.78 is 0.180. The van der Waals surface area contributed by atoms with Gasteiger partial charge in [0.2, 0.25) is 0 Å². The molecule has 0 aromatic carbocycles. The lowest BCUT2D eigenvalue weighted by Crippen LogP contribution is -2.26. The van der Waals surface area contributed by atoms with Crippen molar-refractivity contribution in [2.24, 2.45) is 0 Å². The molecule has 2 heteroatoms. The number of hydrogen-bond acceptors (Lipinski definition) is 1. The number of hydrogen-bond donors (Lipinski definition) is 1. The van der Waals surface area contributed by atoms with Crippen LogP contribution in [0.2, 0.25) is 0 Å². The van der Waals surface area contributed by atoms with Gasteiger partial charge in [-0.25, -0.2) is 0 Å². The molecule has 1 fully saturated rings. The standard InChI is InChI=1S/C7H13ClS/c8-6-7(9)4-2-1-3-5-7/h9H,1-6H2. The third-order valence-electron chi connectivity index (χ3n) is 2.03. The fraction of sp³-hybridized carbons (Fsp3) is 1.00. The van der Waals surface area contributed by atoms with Crippen molar-refractivity contribution in [1.82, 2.24) is 0 Å². The molecule has 0 aromatic rings. The average molecular weight is 165 g/mol. The van der Waals surface area contributed by atoms with Crippen molar-refractivity contribution in [1.29, 1.82) is 0 Å². The maximum Gasteiger partial charge on any atom is 0.0368 e. The molecule has 0 saturated heterocycles. The molecule has 1 aliphatic carbocycles. The molecule has 0 nitrogen and oxygen atoms in total. The fourth-order valence-electron chi connectivity index (χ4n) is 1.34. The Bertz CT molecular complexity index is 86.9. The minimum absolute atomic E-state index is 0.180. The fourth-order valence-corrected chi connectivity index (χ4v) is 1.93. The first kappa shape index (κ1) is 7.74. The lowest BCUT2D eigenvalue weighted by Gasteiger charge is -2.29. The van der Waals surface area contributed by atoms with E-state index in [0.29, 0.717) is 0 Å².